The first-order valence-electron chi connectivity index (χ1n) is 23.1. The van der Waals surface area contributed by atoms with Gasteiger partial charge in [0.1, 0.15) is 33.5 Å². The lowest BCUT2D eigenvalue weighted by molar-refractivity contribution is 0.668. The smallest absolute Gasteiger partial charge is 0.238 e. The van der Waals surface area contributed by atoms with Crippen LogP contribution in [0.25, 0.3) is 149 Å². The van der Waals surface area contributed by atoms with Crippen molar-refractivity contribution in [2.45, 2.75) is 13.8 Å². The number of furan rings is 3. The highest BCUT2D eigenvalue weighted by Gasteiger charge is 2.24. The molecule has 7 nitrogen and oxygen atoms in total. The molecule has 15 aromatic rings. The van der Waals surface area contributed by atoms with Crippen molar-refractivity contribution in [3.8, 4) is 39.9 Å². The highest BCUT2D eigenvalue weighted by Crippen LogP contribution is 2.45. The van der Waals surface area contributed by atoms with E-state index in [1.807, 2.05) is 62.4 Å². The summed E-state index contributed by atoms with van der Waals surface area (Å²) in [5.74, 6) is 1.51. The largest absolute Gasteiger partial charge is 0.456 e. The first-order valence-corrected chi connectivity index (χ1v) is 23.1. The van der Waals surface area contributed by atoms with Crippen LogP contribution >= 0.6 is 0 Å². The first kappa shape index (κ1) is 38.2. The fourth-order valence-corrected chi connectivity index (χ4v) is 10.5. The van der Waals surface area contributed by atoms with Crippen LogP contribution < -0.4 is 0 Å². The van der Waals surface area contributed by atoms with Gasteiger partial charge in [-0.1, -0.05) is 159 Å². The quantitative estimate of drug-likeness (QED) is 0.175. The molecule has 7 heteroatoms. The van der Waals surface area contributed by atoms with Gasteiger partial charge in [-0.3, -0.25) is 4.57 Å². The van der Waals surface area contributed by atoms with Gasteiger partial charge < -0.3 is 13.3 Å². The van der Waals surface area contributed by atoms with Crippen LogP contribution in [-0.4, -0.2) is 19.5 Å². The van der Waals surface area contributed by atoms with E-state index in [1.54, 1.807) is 0 Å². The van der Waals surface area contributed by atoms with Gasteiger partial charge in [0.25, 0.3) is 0 Å². The average Bonchev–Trinajstić information content (AvgIpc) is 4.18. The summed E-state index contributed by atoms with van der Waals surface area (Å²) in [5, 5.41) is 13.2. The van der Waals surface area contributed by atoms with E-state index in [-0.39, 0.29) is 0 Å². The molecule has 0 unspecified atom stereocenters. The summed E-state index contributed by atoms with van der Waals surface area (Å²) in [6, 6.07) is 67.4. The van der Waals surface area contributed by atoms with Crippen molar-refractivity contribution in [1.29, 1.82) is 0 Å². The third-order valence-electron chi connectivity index (χ3n) is 13.5. The molecule has 15 rings (SSSR count). The molecule has 0 fully saturated rings. The molecule has 0 N–H and O–H groups in total. The molecule has 10 aromatic carbocycles. The number of fused-ring (bicyclic) bond motifs is 16. The van der Waals surface area contributed by atoms with Crippen molar-refractivity contribution >= 4 is 109 Å². The third-order valence-corrected chi connectivity index (χ3v) is 13.5. The lowest BCUT2D eigenvalue weighted by Gasteiger charge is -2.13. The molecule has 320 valence electrons. The molecule has 0 amide bonds. The predicted molar refractivity (Wildman–Crippen MR) is 279 cm³/mol. The van der Waals surface area contributed by atoms with E-state index in [0.29, 0.717) is 17.6 Å². The van der Waals surface area contributed by atoms with Crippen molar-refractivity contribution < 1.29 is 13.3 Å². The highest BCUT2D eigenvalue weighted by atomic mass is 16.3. The molecular formula is C61H38N4O3. The van der Waals surface area contributed by atoms with Crippen LogP contribution in [0.15, 0.2) is 207 Å². The minimum atomic E-state index is 0.481. The molecule has 0 bridgehead atoms. The highest BCUT2D eigenvalue weighted by molar-refractivity contribution is 6.25. The van der Waals surface area contributed by atoms with Crippen LogP contribution in [0.5, 0.6) is 0 Å². The molecule has 0 saturated heterocycles. The topological polar surface area (TPSA) is 83.0 Å². The van der Waals surface area contributed by atoms with E-state index in [1.165, 1.54) is 5.39 Å². The Bertz CT molecular complexity index is 4420. The Hall–Kier alpha value is -9.07. The van der Waals surface area contributed by atoms with Crippen LogP contribution in [-0.2, 0) is 0 Å². The average molecular weight is 875 g/mol. The number of benzene rings is 10. The van der Waals surface area contributed by atoms with Gasteiger partial charge >= 0.3 is 0 Å². The normalized spacial score (nSPS) is 12.0. The molecule has 0 atom stereocenters. The molecule has 0 radical (unpaired) electrons. The zero-order valence-corrected chi connectivity index (χ0v) is 37.0. The molecule has 5 aromatic heterocycles. The number of para-hydroxylation sites is 4. The second kappa shape index (κ2) is 14.7. The van der Waals surface area contributed by atoms with Gasteiger partial charge in [0, 0.05) is 65.3 Å². The predicted octanol–water partition coefficient (Wildman–Crippen LogP) is 17.0. The summed E-state index contributed by atoms with van der Waals surface area (Å²) in [7, 11) is 0. The summed E-state index contributed by atoms with van der Waals surface area (Å²) in [5.41, 5.74) is 10.4. The molecule has 68 heavy (non-hydrogen) atoms. The van der Waals surface area contributed by atoms with Gasteiger partial charge in [-0.05, 0) is 70.1 Å². The minimum absolute atomic E-state index is 0.481. The number of rotatable bonds is 4. The Kier molecular flexibility index (Phi) is 8.28. The third kappa shape index (κ3) is 5.56. The molecule has 0 aliphatic carbocycles. The maximum absolute atomic E-state index is 6.88. The van der Waals surface area contributed by atoms with Crippen LogP contribution in [0, 0.1) is 0 Å². The molecular weight excluding hydrogens is 837 g/mol. The minimum Gasteiger partial charge on any atom is -0.456 e. The number of hydrogen-bond donors (Lipinski definition) is 0. The van der Waals surface area contributed by atoms with Gasteiger partial charge in [-0.2, -0.15) is 9.97 Å². The molecule has 0 aliphatic heterocycles. The van der Waals surface area contributed by atoms with Gasteiger partial charge in [-0.15, -0.1) is 0 Å². The van der Waals surface area contributed by atoms with Gasteiger partial charge in [0.15, 0.2) is 11.6 Å². The Morgan fingerprint density at radius 1 is 0.353 bits per heavy atom. The van der Waals surface area contributed by atoms with Crippen LogP contribution in [0.2, 0.25) is 0 Å². The zero-order chi connectivity index (χ0) is 45.0. The van der Waals surface area contributed by atoms with Gasteiger partial charge in [-0.25, -0.2) is 4.98 Å². The number of aromatic nitrogens is 4. The summed E-state index contributed by atoms with van der Waals surface area (Å²) in [6.45, 7) is 4.00. The van der Waals surface area contributed by atoms with Crippen LogP contribution in [0.3, 0.4) is 0 Å². The summed E-state index contributed by atoms with van der Waals surface area (Å²) in [4.78, 5) is 16.1. The summed E-state index contributed by atoms with van der Waals surface area (Å²) in [6.07, 6.45) is 0. The molecule has 0 saturated carbocycles. The number of hydrogen-bond acceptors (Lipinski definition) is 6. The fraction of sp³-hybridized carbons (Fsp3) is 0.0328. The Labute approximate surface area is 388 Å². The van der Waals surface area contributed by atoms with Crippen LogP contribution in [0.4, 0.5) is 0 Å². The van der Waals surface area contributed by atoms with E-state index in [2.05, 4.69) is 150 Å². The van der Waals surface area contributed by atoms with Crippen LogP contribution in [0.1, 0.15) is 13.8 Å². The van der Waals surface area contributed by atoms with Crippen molar-refractivity contribution in [3.05, 3.63) is 194 Å². The maximum Gasteiger partial charge on any atom is 0.238 e. The van der Waals surface area contributed by atoms with E-state index < -0.39 is 0 Å². The van der Waals surface area contributed by atoms with Crippen molar-refractivity contribution in [1.82, 2.24) is 19.5 Å². The first-order chi connectivity index (χ1) is 33.7. The molecule has 5 heterocycles. The van der Waals surface area contributed by atoms with E-state index in [4.69, 9.17) is 28.2 Å². The van der Waals surface area contributed by atoms with Gasteiger partial charge in [0.05, 0.1) is 11.0 Å². The Morgan fingerprint density at radius 2 is 0.868 bits per heavy atom. The second-order valence-corrected chi connectivity index (χ2v) is 17.1. The summed E-state index contributed by atoms with van der Waals surface area (Å²) < 4.78 is 21.9. The zero-order valence-electron chi connectivity index (χ0n) is 37.0. The Morgan fingerprint density at radius 3 is 1.51 bits per heavy atom. The van der Waals surface area contributed by atoms with E-state index >= 15 is 0 Å². The monoisotopic (exact) mass is 874 g/mol. The SMILES string of the molecule is CC.c1ccc2c(c1)ccc1oc3c(-c4cccc5c6c7ccccc7ccc6n(-c6nc(-c7ccc8c(c7)oc7ccccc78)nc(-c7ccc8c(c7)oc7ccccc78)n6)c45)cccc3c12. The summed E-state index contributed by atoms with van der Waals surface area (Å²) >= 11 is 0. The molecule has 0 spiro atoms. The maximum atomic E-state index is 6.88. The van der Waals surface area contributed by atoms with E-state index in [9.17, 15) is 0 Å². The standard InChI is InChI=1S/C59H32N4O3.C2H6/c1-3-13-37-33(11-1)25-29-47-53(37)45-19-9-17-43(44-18-10-20-46-54-38-14-4-2-12-34(38)26-30-50(54)66-56(44)46)55(45)63(47)59-61-57(35-23-27-41-39-15-5-7-21-48(39)64-51(41)31-35)60-58(62-59)36-24-28-42-40-16-6-8-22-49(40)65-52(42)32-36;1-2/h1-32H;1-2H3. The fourth-order valence-electron chi connectivity index (χ4n) is 10.5. The Balaban J connectivity index is 0.00000216. The lowest BCUT2D eigenvalue weighted by atomic mass is 9.97. The van der Waals surface area contributed by atoms with Crippen molar-refractivity contribution in [2.24, 2.45) is 0 Å². The molecule has 0 aliphatic rings. The van der Waals surface area contributed by atoms with E-state index in [0.717, 1.165) is 126 Å². The van der Waals surface area contributed by atoms with Crippen molar-refractivity contribution in [2.75, 3.05) is 0 Å². The van der Waals surface area contributed by atoms with Gasteiger partial charge in [0.2, 0.25) is 5.95 Å². The lowest BCUT2D eigenvalue weighted by Crippen LogP contribution is -2.07. The second-order valence-electron chi connectivity index (χ2n) is 17.1. The van der Waals surface area contributed by atoms with Crippen molar-refractivity contribution in [3.63, 3.8) is 0 Å². The number of nitrogens with zero attached hydrogens (tertiary/aromatic N) is 4.